The van der Waals surface area contributed by atoms with Crippen LogP contribution in [0.3, 0.4) is 0 Å². The normalized spacial score (nSPS) is 17.4. The summed E-state index contributed by atoms with van der Waals surface area (Å²) in [7, 11) is 0. The van der Waals surface area contributed by atoms with Gasteiger partial charge in [-0.25, -0.2) is 9.69 Å². The molecule has 140 valence electrons. The first-order chi connectivity index (χ1) is 13.1. The zero-order valence-electron chi connectivity index (χ0n) is 15.1. The number of hydrogen-bond donors (Lipinski definition) is 1. The maximum atomic E-state index is 12.7. The summed E-state index contributed by atoms with van der Waals surface area (Å²) >= 11 is 0. The molecule has 6 nitrogen and oxygen atoms in total. The van der Waals surface area contributed by atoms with Crippen LogP contribution in [-0.2, 0) is 20.9 Å². The first-order valence-corrected chi connectivity index (χ1v) is 8.94. The minimum atomic E-state index is -0.841. The van der Waals surface area contributed by atoms with Gasteiger partial charge in [-0.3, -0.25) is 9.59 Å². The average molecular weight is 366 g/mol. The summed E-state index contributed by atoms with van der Waals surface area (Å²) in [5.41, 5.74) is 1.77. The summed E-state index contributed by atoms with van der Waals surface area (Å²) in [4.78, 5) is 38.1. The van der Waals surface area contributed by atoms with Crippen LogP contribution in [0.25, 0.3) is 0 Å². The topological polar surface area (TPSA) is 75.7 Å². The van der Waals surface area contributed by atoms with E-state index in [-0.39, 0.29) is 30.9 Å². The van der Waals surface area contributed by atoms with E-state index in [0.29, 0.717) is 6.42 Å². The lowest BCUT2D eigenvalue weighted by molar-refractivity contribution is -0.134. The number of hydrogen-bond acceptors (Lipinski definition) is 4. The fraction of sp³-hybridized carbons (Fsp3) is 0.286. The lowest BCUT2D eigenvalue weighted by atomic mass is 10.1. The minimum absolute atomic E-state index is 0.0538. The maximum absolute atomic E-state index is 12.7. The van der Waals surface area contributed by atoms with Crippen LogP contribution in [0.5, 0.6) is 0 Å². The molecule has 0 radical (unpaired) electrons. The van der Waals surface area contributed by atoms with Crippen molar-refractivity contribution in [3.63, 3.8) is 0 Å². The van der Waals surface area contributed by atoms with Crippen molar-refractivity contribution < 1.29 is 19.1 Å². The molecule has 2 aromatic carbocycles. The number of rotatable bonds is 5. The number of benzene rings is 2. The van der Waals surface area contributed by atoms with E-state index in [1.54, 1.807) is 0 Å². The van der Waals surface area contributed by atoms with Crippen molar-refractivity contribution in [3.8, 4) is 0 Å². The molecule has 0 spiro atoms. The number of imide groups is 1. The van der Waals surface area contributed by atoms with Crippen molar-refractivity contribution in [2.45, 2.75) is 38.5 Å². The Morgan fingerprint density at radius 1 is 1.11 bits per heavy atom. The Labute approximate surface area is 158 Å². The highest BCUT2D eigenvalue weighted by atomic mass is 16.6. The Kier molecular flexibility index (Phi) is 5.86. The number of carbonyl (C=O) groups excluding carboxylic acids is 3. The van der Waals surface area contributed by atoms with Crippen LogP contribution >= 0.6 is 0 Å². The molecular weight excluding hydrogens is 344 g/mol. The largest absolute Gasteiger partial charge is 0.444 e. The van der Waals surface area contributed by atoms with Gasteiger partial charge in [0.15, 0.2) is 0 Å². The van der Waals surface area contributed by atoms with Crippen molar-refractivity contribution in [2.75, 3.05) is 0 Å². The van der Waals surface area contributed by atoms with Crippen LogP contribution in [0, 0.1) is 0 Å². The van der Waals surface area contributed by atoms with Gasteiger partial charge in [-0.1, -0.05) is 60.7 Å². The molecular formula is C21H22N2O4. The molecule has 1 aliphatic heterocycles. The fourth-order valence-corrected chi connectivity index (χ4v) is 3.08. The van der Waals surface area contributed by atoms with Gasteiger partial charge in [0.1, 0.15) is 12.6 Å². The number of likely N-dealkylation sites (tertiary alicyclic amines) is 1. The molecule has 1 N–H and O–H groups in total. The van der Waals surface area contributed by atoms with Gasteiger partial charge in [-0.15, -0.1) is 0 Å². The highest BCUT2D eigenvalue weighted by Gasteiger charge is 2.41. The summed E-state index contributed by atoms with van der Waals surface area (Å²) in [6, 6.07) is 17.6. The van der Waals surface area contributed by atoms with Gasteiger partial charge in [0.2, 0.25) is 11.8 Å². The zero-order chi connectivity index (χ0) is 19.2. The number of nitrogens with zero attached hydrogens (tertiary/aromatic N) is 1. The van der Waals surface area contributed by atoms with Crippen LogP contribution in [0.4, 0.5) is 4.79 Å². The lowest BCUT2D eigenvalue weighted by Crippen LogP contribution is -2.48. The summed E-state index contributed by atoms with van der Waals surface area (Å²) in [6.45, 7) is 1.92. The molecule has 1 aliphatic rings. The maximum Gasteiger partial charge on any atom is 0.417 e. The van der Waals surface area contributed by atoms with Gasteiger partial charge < -0.3 is 10.1 Å². The first-order valence-electron chi connectivity index (χ1n) is 8.94. The van der Waals surface area contributed by atoms with Crippen molar-refractivity contribution >= 4 is 17.9 Å². The third-order valence-electron chi connectivity index (χ3n) is 4.57. The van der Waals surface area contributed by atoms with E-state index in [9.17, 15) is 14.4 Å². The van der Waals surface area contributed by atoms with Crippen LogP contribution < -0.4 is 5.32 Å². The lowest BCUT2D eigenvalue weighted by Gasteiger charge is -2.23. The molecule has 2 aromatic rings. The van der Waals surface area contributed by atoms with Crippen molar-refractivity contribution in [1.82, 2.24) is 10.2 Å². The van der Waals surface area contributed by atoms with E-state index in [4.69, 9.17) is 4.74 Å². The number of carbonyl (C=O) groups is 3. The van der Waals surface area contributed by atoms with E-state index in [1.807, 2.05) is 67.6 Å². The summed E-state index contributed by atoms with van der Waals surface area (Å²) in [6.07, 6.45) is -0.334. The highest BCUT2D eigenvalue weighted by Crippen LogP contribution is 2.22. The van der Waals surface area contributed by atoms with Crippen LogP contribution in [0.1, 0.15) is 36.9 Å². The second-order valence-corrected chi connectivity index (χ2v) is 6.50. The molecule has 3 amide bonds. The molecule has 0 aliphatic carbocycles. The molecule has 27 heavy (non-hydrogen) atoms. The molecule has 0 unspecified atom stereocenters. The predicted molar refractivity (Wildman–Crippen MR) is 99.5 cm³/mol. The number of nitrogens with one attached hydrogen (secondary N) is 1. The second kappa shape index (κ2) is 8.49. The third kappa shape index (κ3) is 4.53. The van der Waals surface area contributed by atoms with E-state index in [2.05, 4.69) is 5.32 Å². The molecule has 0 aromatic heterocycles. The van der Waals surface area contributed by atoms with Gasteiger partial charge in [-0.2, -0.15) is 0 Å². The van der Waals surface area contributed by atoms with E-state index in [1.165, 1.54) is 0 Å². The van der Waals surface area contributed by atoms with Crippen LogP contribution in [0.2, 0.25) is 0 Å². The Balaban J connectivity index is 1.62. The first kappa shape index (κ1) is 18.6. The molecule has 1 fully saturated rings. The van der Waals surface area contributed by atoms with Crippen LogP contribution in [-0.4, -0.2) is 28.8 Å². The Morgan fingerprint density at radius 3 is 2.41 bits per heavy atom. The van der Waals surface area contributed by atoms with Gasteiger partial charge in [0.05, 0.1) is 6.04 Å². The van der Waals surface area contributed by atoms with Gasteiger partial charge in [0.25, 0.3) is 0 Å². The quantitative estimate of drug-likeness (QED) is 0.882. The van der Waals surface area contributed by atoms with Crippen molar-refractivity contribution in [1.29, 1.82) is 0 Å². The predicted octanol–water partition coefficient (Wildman–Crippen LogP) is 3.19. The highest BCUT2D eigenvalue weighted by molar-refractivity contribution is 6.00. The van der Waals surface area contributed by atoms with Crippen molar-refractivity contribution in [2.24, 2.45) is 0 Å². The van der Waals surface area contributed by atoms with E-state index < -0.39 is 12.1 Å². The Bertz CT molecular complexity index is 807. The fourth-order valence-electron chi connectivity index (χ4n) is 3.08. The summed E-state index contributed by atoms with van der Waals surface area (Å²) < 4.78 is 5.24. The average Bonchev–Trinajstić information content (AvgIpc) is 3.09. The summed E-state index contributed by atoms with van der Waals surface area (Å²) in [5.74, 6) is -0.741. The molecule has 3 rings (SSSR count). The molecule has 1 saturated heterocycles. The molecule has 1 heterocycles. The van der Waals surface area contributed by atoms with E-state index >= 15 is 0 Å². The summed E-state index contributed by atoms with van der Waals surface area (Å²) in [5, 5.41) is 2.88. The molecule has 0 saturated carbocycles. The number of ether oxygens (including phenoxy) is 1. The van der Waals surface area contributed by atoms with Gasteiger partial charge in [-0.05, 0) is 24.5 Å². The van der Waals surface area contributed by atoms with E-state index in [0.717, 1.165) is 16.0 Å². The van der Waals surface area contributed by atoms with Crippen LogP contribution in [0.15, 0.2) is 60.7 Å². The van der Waals surface area contributed by atoms with Gasteiger partial charge in [0, 0.05) is 6.42 Å². The second-order valence-electron chi connectivity index (χ2n) is 6.50. The standard InChI is InChI=1S/C21H22N2O4/c1-15(17-10-6-3-7-11-17)22-20(25)18-12-13-19(24)23(18)21(26)27-14-16-8-4-2-5-9-16/h2-11,15,18H,12-14H2,1H3,(H,22,25)/t15-,18+/m1/s1. The Morgan fingerprint density at radius 2 is 1.74 bits per heavy atom. The Hall–Kier alpha value is -3.15. The smallest absolute Gasteiger partial charge is 0.417 e. The minimum Gasteiger partial charge on any atom is -0.444 e. The monoisotopic (exact) mass is 366 g/mol. The number of amides is 3. The molecule has 6 heteroatoms. The van der Waals surface area contributed by atoms with Gasteiger partial charge >= 0.3 is 6.09 Å². The van der Waals surface area contributed by atoms with Crippen molar-refractivity contribution in [3.05, 3.63) is 71.8 Å². The molecule has 0 bridgehead atoms. The molecule has 2 atom stereocenters. The SMILES string of the molecule is C[C@@H](NC(=O)[C@@H]1CCC(=O)N1C(=O)OCc1ccccc1)c1ccccc1. The zero-order valence-corrected chi connectivity index (χ0v) is 15.1. The third-order valence-corrected chi connectivity index (χ3v) is 4.57.